The SMILES string of the molecule is Nc1nn2cc(Cl)cnc2c1C(=O)Nc1cnccc1N1CCN2CCC[C@H]2C1. The third kappa shape index (κ3) is 3.26. The number of carbonyl (C=O) groups excluding carboxylic acids is 1. The third-order valence-corrected chi connectivity index (χ3v) is 5.86. The molecule has 0 spiro atoms. The fourth-order valence-electron chi connectivity index (χ4n) is 4.30. The molecule has 0 radical (unpaired) electrons. The Balaban J connectivity index is 1.43. The summed E-state index contributed by atoms with van der Waals surface area (Å²) in [4.78, 5) is 26.3. The minimum absolute atomic E-state index is 0.0993. The number of hydrogen-bond acceptors (Lipinski definition) is 7. The van der Waals surface area contributed by atoms with Crippen molar-refractivity contribution in [3.8, 4) is 0 Å². The average Bonchev–Trinajstić information content (AvgIpc) is 3.30. The van der Waals surface area contributed by atoms with Gasteiger partial charge in [-0.15, -0.1) is 5.10 Å². The van der Waals surface area contributed by atoms with Gasteiger partial charge in [-0.2, -0.15) is 0 Å². The molecule has 0 aromatic carbocycles. The lowest BCUT2D eigenvalue weighted by molar-refractivity contribution is 0.102. The topological polar surface area (TPSA) is 105 Å². The number of pyridine rings is 1. The Morgan fingerprint density at radius 3 is 3.07 bits per heavy atom. The van der Waals surface area contributed by atoms with E-state index in [9.17, 15) is 4.79 Å². The summed E-state index contributed by atoms with van der Waals surface area (Å²) in [6, 6.07) is 2.52. The summed E-state index contributed by atoms with van der Waals surface area (Å²) in [7, 11) is 0. The van der Waals surface area contributed by atoms with E-state index < -0.39 is 0 Å². The lowest BCUT2D eigenvalue weighted by Gasteiger charge is -2.39. The van der Waals surface area contributed by atoms with E-state index in [2.05, 4.69) is 30.2 Å². The van der Waals surface area contributed by atoms with Gasteiger partial charge >= 0.3 is 0 Å². The zero-order valence-corrected chi connectivity index (χ0v) is 16.5. The first kappa shape index (κ1) is 18.1. The predicted molar refractivity (Wildman–Crippen MR) is 111 cm³/mol. The van der Waals surface area contributed by atoms with Gasteiger partial charge in [0.25, 0.3) is 5.91 Å². The molecule has 0 bridgehead atoms. The van der Waals surface area contributed by atoms with Crippen molar-refractivity contribution >= 4 is 40.3 Å². The van der Waals surface area contributed by atoms with Crippen molar-refractivity contribution in [3.63, 3.8) is 0 Å². The highest BCUT2D eigenvalue weighted by Crippen LogP contribution is 2.31. The van der Waals surface area contributed by atoms with Crippen molar-refractivity contribution < 1.29 is 4.79 Å². The number of nitrogen functional groups attached to an aromatic ring is 1. The number of aromatic nitrogens is 4. The lowest BCUT2D eigenvalue weighted by atomic mass is 10.1. The van der Waals surface area contributed by atoms with Crippen LogP contribution in [0.1, 0.15) is 23.2 Å². The van der Waals surface area contributed by atoms with Crippen molar-refractivity contribution in [2.24, 2.45) is 0 Å². The number of nitrogens with one attached hydrogen (secondary N) is 1. The van der Waals surface area contributed by atoms with Gasteiger partial charge in [0.2, 0.25) is 0 Å². The standard InChI is InChI=1S/C19H21ClN8O/c20-12-8-23-18-16(17(21)25-28(18)10-12)19(29)24-14-9-22-4-3-15(14)27-7-6-26-5-1-2-13(26)11-27/h3-4,8-10,13H,1-2,5-7,11H2,(H2,21,25)(H,24,29)/t13-/m0/s1. The highest BCUT2D eigenvalue weighted by atomic mass is 35.5. The van der Waals surface area contributed by atoms with Crippen LogP contribution in [0.3, 0.4) is 0 Å². The van der Waals surface area contributed by atoms with Crippen LogP contribution in [0.5, 0.6) is 0 Å². The number of hydrogen-bond donors (Lipinski definition) is 2. The molecule has 3 aromatic rings. The molecule has 2 aliphatic rings. The summed E-state index contributed by atoms with van der Waals surface area (Å²) in [5.74, 6) is -0.275. The first-order valence-corrected chi connectivity index (χ1v) is 10.0. The second-order valence-corrected chi connectivity index (χ2v) is 7.86. The molecule has 5 heterocycles. The molecule has 9 nitrogen and oxygen atoms in total. The van der Waals surface area contributed by atoms with Gasteiger partial charge in [0.05, 0.1) is 28.8 Å². The number of nitrogens with zero attached hydrogens (tertiary/aromatic N) is 6. The van der Waals surface area contributed by atoms with E-state index in [1.54, 1.807) is 18.6 Å². The van der Waals surface area contributed by atoms with Crippen molar-refractivity contribution in [3.05, 3.63) is 41.4 Å². The second kappa shape index (κ2) is 7.16. The summed E-state index contributed by atoms with van der Waals surface area (Å²) >= 11 is 5.95. The molecule has 10 heteroatoms. The summed E-state index contributed by atoms with van der Waals surface area (Å²) in [6.45, 7) is 4.09. The number of nitrogens with two attached hydrogens (primary N) is 1. The summed E-state index contributed by atoms with van der Waals surface area (Å²) in [5, 5.41) is 7.50. The van der Waals surface area contributed by atoms with E-state index in [0.29, 0.717) is 22.4 Å². The molecular formula is C19H21ClN8O. The van der Waals surface area contributed by atoms with Crippen molar-refractivity contribution in [2.45, 2.75) is 18.9 Å². The van der Waals surface area contributed by atoms with Crippen LogP contribution in [0.4, 0.5) is 17.2 Å². The summed E-state index contributed by atoms with van der Waals surface area (Å²) < 4.78 is 1.41. The van der Waals surface area contributed by atoms with Gasteiger partial charge in [-0.25, -0.2) is 9.50 Å². The Morgan fingerprint density at radius 2 is 2.17 bits per heavy atom. The quantitative estimate of drug-likeness (QED) is 0.676. The molecule has 2 aliphatic heterocycles. The van der Waals surface area contributed by atoms with Gasteiger partial charge in [-0.3, -0.25) is 14.7 Å². The first-order chi connectivity index (χ1) is 14.1. The first-order valence-electron chi connectivity index (χ1n) is 9.64. The zero-order chi connectivity index (χ0) is 20.0. The molecule has 3 N–H and O–H groups in total. The van der Waals surface area contributed by atoms with Crippen LogP contribution in [0.2, 0.25) is 5.02 Å². The zero-order valence-electron chi connectivity index (χ0n) is 15.8. The number of fused-ring (bicyclic) bond motifs is 2. The van der Waals surface area contributed by atoms with Crippen LogP contribution < -0.4 is 16.0 Å². The molecule has 3 aromatic heterocycles. The molecule has 0 unspecified atom stereocenters. The molecule has 29 heavy (non-hydrogen) atoms. The molecular weight excluding hydrogens is 392 g/mol. The Kier molecular flexibility index (Phi) is 4.48. The Hall–Kier alpha value is -2.91. The van der Waals surface area contributed by atoms with E-state index >= 15 is 0 Å². The average molecular weight is 413 g/mol. The van der Waals surface area contributed by atoms with Gasteiger partial charge in [0.1, 0.15) is 5.56 Å². The van der Waals surface area contributed by atoms with Gasteiger partial charge in [0, 0.05) is 38.1 Å². The fraction of sp³-hybridized carbons (Fsp3) is 0.368. The smallest absolute Gasteiger partial charge is 0.263 e. The Labute approximate surface area is 172 Å². The van der Waals surface area contributed by atoms with Crippen molar-refractivity contribution in [2.75, 3.05) is 42.1 Å². The maximum atomic E-state index is 13.0. The molecule has 2 saturated heterocycles. The Morgan fingerprint density at radius 1 is 1.28 bits per heavy atom. The van der Waals surface area contributed by atoms with Gasteiger partial charge in [-0.1, -0.05) is 11.6 Å². The van der Waals surface area contributed by atoms with Crippen LogP contribution in [-0.4, -0.2) is 62.6 Å². The number of amides is 1. The minimum Gasteiger partial charge on any atom is -0.381 e. The summed E-state index contributed by atoms with van der Waals surface area (Å²) in [5.41, 5.74) is 8.18. The number of rotatable bonds is 3. The minimum atomic E-state index is -0.374. The monoisotopic (exact) mass is 412 g/mol. The van der Waals surface area contributed by atoms with E-state index in [1.165, 1.54) is 30.1 Å². The molecule has 5 rings (SSSR count). The van der Waals surface area contributed by atoms with Crippen LogP contribution in [0, 0.1) is 0 Å². The molecule has 0 saturated carbocycles. The van der Waals surface area contributed by atoms with Crippen LogP contribution >= 0.6 is 11.6 Å². The van der Waals surface area contributed by atoms with E-state index in [-0.39, 0.29) is 17.3 Å². The highest BCUT2D eigenvalue weighted by molar-refractivity contribution is 6.30. The molecule has 2 fully saturated rings. The van der Waals surface area contributed by atoms with Crippen LogP contribution in [0.15, 0.2) is 30.9 Å². The molecule has 1 atom stereocenters. The van der Waals surface area contributed by atoms with Gasteiger partial charge in [-0.05, 0) is 25.5 Å². The number of piperazine rings is 1. The summed E-state index contributed by atoms with van der Waals surface area (Å²) in [6.07, 6.45) is 8.92. The van der Waals surface area contributed by atoms with Crippen molar-refractivity contribution in [1.82, 2.24) is 24.5 Å². The highest BCUT2D eigenvalue weighted by Gasteiger charge is 2.31. The predicted octanol–water partition coefficient (Wildman–Crippen LogP) is 1.90. The third-order valence-electron chi connectivity index (χ3n) is 5.67. The fourth-order valence-corrected chi connectivity index (χ4v) is 4.44. The van der Waals surface area contributed by atoms with Crippen LogP contribution in [-0.2, 0) is 0 Å². The molecule has 0 aliphatic carbocycles. The number of halogens is 1. The molecule has 150 valence electrons. The lowest BCUT2D eigenvalue weighted by Crippen LogP contribution is -2.50. The normalized spacial score (nSPS) is 19.5. The Bertz CT molecular complexity index is 1080. The largest absolute Gasteiger partial charge is 0.381 e. The molecule has 1 amide bonds. The maximum absolute atomic E-state index is 13.0. The van der Waals surface area contributed by atoms with E-state index in [1.807, 2.05) is 6.07 Å². The van der Waals surface area contributed by atoms with Crippen molar-refractivity contribution in [1.29, 1.82) is 0 Å². The van der Waals surface area contributed by atoms with E-state index in [0.717, 1.165) is 25.3 Å². The number of carbonyl (C=O) groups is 1. The van der Waals surface area contributed by atoms with Gasteiger partial charge < -0.3 is 16.0 Å². The van der Waals surface area contributed by atoms with Crippen LogP contribution in [0.25, 0.3) is 5.65 Å². The maximum Gasteiger partial charge on any atom is 0.263 e. The second-order valence-electron chi connectivity index (χ2n) is 7.43. The van der Waals surface area contributed by atoms with E-state index in [4.69, 9.17) is 17.3 Å². The number of anilines is 3. The van der Waals surface area contributed by atoms with Gasteiger partial charge in [0.15, 0.2) is 11.5 Å².